The zero-order valence-corrected chi connectivity index (χ0v) is 38.7. The molecule has 2 aliphatic rings. The number of rotatable bonds is 16. The highest BCUT2D eigenvalue weighted by atomic mass is 19.4. The van der Waals surface area contributed by atoms with Crippen LogP contribution in [-0.2, 0) is 25.4 Å². The fraction of sp³-hybridized carbons (Fsp3) is 0.308. The Morgan fingerprint density at radius 3 is 1.28 bits per heavy atom. The van der Waals surface area contributed by atoms with Crippen LogP contribution in [0.1, 0.15) is 68.7 Å². The van der Waals surface area contributed by atoms with Crippen molar-refractivity contribution in [2.24, 2.45) is 11.8 Å². The Morgan fingerprint density at radius 1 is 0.542 bits per heavy atom. The molecule has 2 aliphatic heterocycles. The molecule has 380 valence electrons. The maximum atomic E-state index is 13.5. The van der Waals surface area contributed by atoms with Crippen molar-refractivity contribution in [1.82, 2.24) is 20.6 Å². The van der Waals surface area contributed by atoms with Gasteiger partial charge in [0.15, 0.2) is 0 Å². The van der Waals surface area contributed by atoms with Gasteiger partial charge in [0.1, 0.15) is 34.8 Å². The Balaban J connectivity index is 0.000000211. The zero-order valence-electron chi connectivity index (χ0n) is 38.7. The van der Waals surface area contributed by atoms with Crippen LogP contribution in [0.2, 0.25) is 0 Å². The summed E-state index contributed by atoms with van der Waals surface area (Å²) in [6.45, 7) is 4.54. The lowest BCUT2D eigenvalue weighted by molar-refractivity contribution is -0.138. The van der Waals surface area contributed by atoms with Crippen LogP contribution < -0.4 is 41.4 Å². The van der Waals surface area contributed by atoms with E-state index < -0.39 is 35.3 Å². The van der Waals surface area contributed by atoms with E-state index in [2.05, 4.69) is 41.9 Å². The first-order valence-corrected chi connectivity index (χ1v) is 23.2. The molecule has 0 saturated carbocycles. The van der Waals surface area contributed by atoms with Crippen LogP contribution in [-0.4, -0.2) is 61.2 Å². The monoisotopic (exact) mass is 1000 g/mol. The Kier molecular flexibility index (Phi) is 18.0. The number of nitrogens with one attached hydrogen (secondary N) is 6. The quantitative estimate of drug-likeness (QED) is 0.0517. The third kappa shape index (κ3) is 15.8. The highest BCUT2D eigenvalue weighted by Crippen LogP contribution is 2.36. The standard InChI is InChI=1S/2C26H26F4N4O2/c2*27-20-5-3-17(4-6-20)15-33-24-23(2-1-9-32-24)25(35)34-21-12-19(26(28,29)30)13-22(14-21)36-16-18-7-10-31-11-8-18/h2*1-6,9,12-14,18,31H,7-8,10-11,15-16H2,(H,32,33)(H,34,35). The summed E-state index contributed by atoms with van der Waals surface area (Å²) in [5.41, 5.74) is -0.0816. The van der Waals surface area contributed by atoms with Gasteiger partial charge in [-0.3, -0.25) is 9.59 Å². The molecule has 2 aromatic heterocycles. The zero-order chi connectivity index (χ0) is 51.1. The van der Waals surface area contributed by atoms with Crippen molar-refractivity contribution in [1.29, 1.82) is 0 Å². The van der Waals surface area contributed by atoms with Crippen LogP contribution >= 0.6 is 0 Å². The van der Waals surface area contributed by atoms with Crippen molar-refractivity contribution in [2.45, 2.75) is 51.1 Å². The second kappa shape index (κ2) is 24.7. The molecule has 0 bridgehead atoms. The first-order chi connectivity index (χ1) is 34.6. The second-order valence-corrected chi connectivity index (χ2v) is 17.2. The lowest BCUT2D eigenvalue weighted by Gasteiger charge is -2.23. The van der Waals surface area contributed by atoms with Crippen LogP contribution in [0.15, 0.2) is 122 Å². The third-order valence-corrected chi connectivity index (χ3v) is 11.7. The summed E-state index contributed by atoms with van der Waals surface area (Å²) >= 11 is 0. The maximum absolute atomic E-state index is 13.5. The molecule has 2 amide bonds. The van der Waals surface area contributed by atoms with Crippen molar-refractivity contribution >= 4 is 34.8 Å². The first-order valence-electron chi connectivity index (χ1n) is 23.2. The Hall–Kier alpha value is -7.32. The fourth-order valence-corrected chi connectivity index (χ4v) is 7.79. The predicted molar refractivity (Wildman–Crippen MR) is 257 cm³/mol. The smallest absolute Gasteiger partial charge is 0.416 e. The number of hydrogen-bond donors (Lipinski definition) is 6. The lowest BCUT2D eigenvalue weighted by atomic mass is 9.99. The van der Waals surface area contributed by atoms with Crippen molar-refractivity contribution in [3.05, 3.63) is 167 Å². The van der Waals surface area contributed by atoms with Gasteiger partial charge in [-0.2, -0.15) is 26.3 Å². The summed E-state index contributed by atoms with van der Waals surface area (Å²) in [6.07, 6.45) is -2.70. The van der Waals surface area contributed by atoms with Crippen molar-refractivity contribution in [2.75, 3.05) is 60.7 Å². The molecule has 20 heteroatoms. The molecule has 0 atom stereocenters. The number of pyridine rings is 2. The van der Waals surface area contributed by atoms with E-state index in [1.807, 2.05) is 0 Å². The van der Waals surface area contributed by atoms with E-state index in [0.29, 0.717) is 13.2 Å². The van der Waals surface area contributed by atoms with Gasteiger partial charge in [0.25, 0.3) is 11.8 Å². The molecular weight excluding hydrogens is 953 g/mol. The summed E-state index contributed by atoms with van der Waals surface area (Å²) < 4.78 is 119. The van der Waals surface area contributed by atoms with Gasteiger partial charge in [-0.15, -0.1) is 0 Å². The van der Waals surface area contributed by atoms with Crippen LogP contribution in [0.25, 0.3) is 0 Å². The number of hydrogen-bond acceptors (Lipinski definition) is 10. The molecule has 6 N–H and O–H groups in total. The number of ether oxygens (including phenoxy) is 2. The van der Waals surface area contributed by atoms with Crippen LogP contribution in [0.3, 0.4) is 0 Å². The number of carbonyl (C=O) groups is 2. The Bertz CT molecular complexity index is 2550. The molecule has 4 heterocycles. The molecule has 4 aromatic carbocycles. The molecule has 0 unspecified atom stereocenters. The number of anilines is 4. The van der Waals surface area contributed by atoms with E-state index in [0.717, 1.165) is 87.3 Å². The van der Waals surface area contributed by atoms with E-state index in [4.69, 9.17) is 9.47 Å². The average Bonchev–Trinajstić information content (AvgIpc) is 3.37. The van der Waals surface area contributed by atoms with Crippen molar-refractivity contribution < 1.29 is 54.2 Å². The molecule has 0 aliphatic carbocycles. The molecule has 12 nitrogen and oxygen atoms in total. The van der Waals surface area contributed by atoms with Crippen LogP contribution in [0, 0.1) is 23.5 Å². The molecule has 6 aromatic rings. The summed E-state index contributed by atoms with van der Waals surface area (Å²) in [7, 11) is 0. The molecule has 72 heavy (non-hydrogen) atoms. The first kappa shape index (κ1) is 52.5. The van der Waals surface area contributed by atoms with E-state index in [1.54, 1.807) is 36.4 Å². The predicted octanol–water partition coefficient (Wildman–Crippen LogP) is 11.0. The van der Waals surface area contributed by atoms with Gasteiger partial charge in [0.05, 0.1) is 35.5 Å². The summed E-state index contributed by atoms with van der Waals surface area (Å²) in [5.74, 6) is -0.912. The Labute approximate surface area is 410 Å². The van der Waals surface area contributed by atoms with Crippen LogP contribution in [0.5, 0.6) is 11.5 Å². The van der Waals surface area contributed by atoms with Crippen LogP contribution in [0.4, 0.5) is 58.1 Å². The molecule has 2 fully saturated rings. The van der Waals surface area contributed by atoms with Crippen molar-refractivity contribution in [3.63, 3.8) is 0 Å². The minimum absolute atomic E-state index is 0.0385. The number of halogens is 8. The number of aromatic nitrogens is 2. The molecule has 0 radical (unpaired) electrons. The molecule has 2 saturated heterocycles. The average molecular weight is 1010 g/mol. The van der Waals surface area contributed by atoms with Gasteiger partial charge < -0.3 is 41.4 Å². The number of carbonyl (C=O) groups excluding carboxylic acids is 2. The van der Waals surface area contributed by atoms with E-state index in [9.17, 15) is 44.7 Å². The van der Waals surface area contributed by atoms with E-state index in [1.165, 1.54) is 60.9 Å². The number of alkyl halides is 6. The Morgan fingerprint density at radius 2 is 0.917 bits per heavy atom. The SMILES string of the molecule is O=C(Nc1cc(OCC2CCNCC2)cc(C(F)(F)F)c1)c1cccnc1NCc1ccc(F)cc1.O=C(Nc1cc(OCC2CCNCC2)cc(C(F)(F)F)c1)c1cccnc1NCc1ccc(F)cc1. The minimum atomic E-state index is -4.61. The summed E-state index contributed by atoms with van der Waals surface area (Å²) in [5, 5.41) is 17.6. The number of nitrogens with zero attached hydrogens (tertiary/aromatic N) is 2. The third-order valence-electron chi connectivity index (χ3n) is 11.7. The molecular formula is C52H52F8N8O4. The number of amides is 2. The fourth-order valence-electron chi connectivity index (χ4n) is 7.79. The van der Waals surface area contributed by atoms with E-state index in [-0.39, 0.29) is 82.2 Å². The largest absolute Gasteiger partial charge is 0.493 e. The van der Waals surface area contributed by atoms with Gasteiger partial charge in [-0.05, 0) is 148 Å². The lowest BCUT2D eigenvalue weighted by Crippen LogP contribution is -2.30. The molecule has 8 rings (SSSR count). The van der Waals surface area contributed by atoms with E-state index >= 15 is 0 Å². The second-order valence-electron chi connectivity index (χ2n) is 17.2. The van der Waals surface area contributed by atoms with Gasteiger partial charge in [-0.1, -0.05) is 24.3 Å². The maximum Gasteiger partial charge on any atom is 0.416 e. The van der Waals surface area contributed by atoms with Gasteiger partial charge in [-0.25, -0.2) is 18.7 Å². The summed E-state index contributed by atoms with van der Waals surface area (Å²) in [6, 6.07) is 24.2. The topological polar surface area (TPSA) is 151 Å². The number of piperidine rings is 2. The van der Waals surface area contributed by atoms with Crippen molar-refractivity contribution in [3.8, 4) is 11.5 Å². The summed E-state index contributed by atoms with van der Waals surface area (Å²) in [4.78, 5) is 34.3. The van der Waals surface area contributed by atoms with Gasteiger partial charge in [0, 0.05) is 49.0 Å². The molecule has 0 spiro atoms. The highest BCUT2D eigenvalue weighted by Gasteiger charge is 2.33. The normalized spacial score (nSPS) is 14.3. The highest BCUT2D eigenvalue weighted by molar-refractivity contribution is 6.08. The number of benzene rings is 4. The van der Waals surface area contributed by atoms with Gasteiger partial charge in [0.2, 0.25) is 0 Å². The van der Waals surface area contributed by atoms with Gasteiger partial charge >= 0.3 is 12.4 Å². The minimum Gasteiger partial charge on any atom is -0.493 e.